The van der Waals surface area contributed by atoms with E-state index in [1.165, 1.54) is 0 Å². The number of imidazole rings is 1. The molecule has 0 saturated heterocycles. The Morgan fingerprint density at radius 1 is 1.31 bits per heavy atom. The Morgan fingerprint density at radius 2 is 2.00 bits per heavy atom. The third-order valence-corrected chi connectivity index (χ3v) is 2.48. The van der Waals surface area contributed by atoms with Gasteiger partial charge in [-0.05, 0) is 6.42 Å². The fraction of sp³-hybridized carbons (Fsp3) is 0.727. The molecule has 0 fully saturated rings. The van der Waals surface area contributed by atoms with Crippen molar-refractivity contribution in [2.24, 2.45) is 0 Å². The molecular formula is C11H21N3O2. The van der Waals surface area contributed by atoms with Gasteiger partial charge < -0.3 is 14.8 Å². The minimum absolute atomic E-state index is 0.113. The van der Waals surface area contributed by atoms with E-state index in [9.17, 15) is 0 Å². The maximum atomic E-state index is 8.92. The van der Waals surface area contributed by atoms with Crippen molar-refractivity contribution < 1.29 is 10.2 Å². The quantitative estimate of drug-likeness (QED) is 0.660. The first-order valence-electron chi connectivity index (χ1n) is 5.74. The van der Waals surface area contributed by atoms with E-state index in [4.69, 9.17) is 10.2 Å². The first-order chi connectivity index (χ1) is 7.81. The van der Waals surface area contributed by atoms with Gasteiger partial charge in [0.15, 0.2) is 0 Å². The normalized spacial score (nSPS) is 11.2. The van der Waals surface area contributed by atoms with E-state index in [2.05, 4.69) is 16.5 Å². The summed E-state index contributed by atoms with van der Waals surface area (Å²) in [6.45, 7) is 5.20. The van der Waals surface area contributed by atoms with Crippen molar-refractivity contribution in [3.8, 4) is 0 Å². The van der Waals surface area contributed by atoms with E-state index < -0.39 is 0 Å². The summed E-state index contributed by atoms with van der Waals surface area (Å²) in [5.74, 6) is 0. The molecule has 0 bridgehead atoms. The van der Waals surface area contributed by atoms with Gasteiger partial charge in [0.05, 0.1) is 25.2 Å². The highest BCUT2D eigenvalue weighted by molar-refractivity contribution is 4.98. The summed E-state index contributed by atoms with van der Waals surface area (Å²) < 4.78 is 2.11. The average molecular weight is 227 g/mol. The van der Waals surface area contributed by atoms with Crippen molar-refractivity contribution in [3.05, 3.63) is 18.2 Å². The van der Waals surface area contributed by atoms with E-state index in [0.717, 1.165) is 25.2 Å². The molecule has 1 aromatic rings. The Hall–Kier alpha value is -0.910. The van der Waals surface area contributed by atoms with Gasteiger partial charge in [-0.3, -0.25) is 4.90 Å². The van der Waals surface area contributed by atoms with Crippen LogP contribution in [0.3, 0.4) is 0 Å². The fourth-order valence-corrected chi connectivity index (χ4v) is 1.70. The Morgan fingerprint density at radius 3 is 2.56 bits per heavy atom. The highest BCUT2D eigenvalue weighted by atomic mass is 16.3. The minimum atomic E-state index is 0.113. The van der Waals surface area contributed by atoms with Crippen molar-refractivity contribution in [3.63, 3.8) is 0 Å². The number of hydrogen-bond donors (Lipinski definition) is 2. The van der Waals surface area contributed by atoms with Gasteiger partial charge >= 0.3 is 0 Å². The van der Waals surface area contributed by atoms with Crippen LogP contribution in [0.25, 0.3) is 0 Å². The lowest BCUT2D eigenvalue weighted by Crippen LogP contribution is -2.30. The van der Waals surface area contributed by atoms with Crippen LogP contribution in [-0.2, 0) is 13.1 Å². The van der Waals surface area contributed by atoms with Crippen LogP contribution in [0.2, 0.25) is 0 Å². The Labute approximate surface area is 96.3 Å². The van der Waals surface area contributed by atoms with Crippen molar-refractivity contribution in [2.75, 3.05) is 26.3 Å². The van der Waals surface area contributed by atoms with Gasteiger partial charge in [0.2, 0.25) is 0 Å². The SMILES string of the molecule is CCCn1cncc1CN(CCO)CCO. The molecule has 92 valence electrons. The van der Waals surface area contributed by atoms with E-state index in [-0.39, 0.29) is 13.2 Å². The second-order valence-electron chi connectivity index (χ2n) is 3.80. The molecule has 1 rings (SSSR count). The molecule has 5 nitrogen and oxygen atoms in total. The van der Waals surface area contributed by atoms with Crippen molar-refractivity contribution >= 4 is 0 Å². The third-order valence-electron chi connectivity index (χ3n) is 2.48. The fourth-order valence-electron chi connectivity index (χ4n) is 1.70. The van der Waals surface area contributed by atoms with Crippen molar-refractivity contribution in [1.29, 1.82) is 0 Å². The zero-order valence-corrected chi connectivity index (χ0v) is 9.84. The Balaban J connectivity index is 2.57. The average Bonchev–Trinajstić information content (AvgIpc) is 2.67. The number of aliphatic hydroxyl groups excluding tert-OH is 2. The predicted molar refractivity (Wildman–Crippen MR) is 62.0 cm³/mol. The molecule has 2 N–H and O–H groups in total. The number of aryl methyl sites for hydroxylation is 1. The van der Waals surface area contributed by atoms with Gasteiger partial charge in [0.1, 0.15) is 0 Å². The molecule has 0 aliphatic carbocycles. The summed E-state index contributed by atoms with van der Waals surface area (Å²) in [6, 6.07) is 0. The summed E-state index contributed by atoms with van der Waals surface area (Å²) in [6.07, 6.45) is 4.75. The maximum absolute atomic E-state index is 8.92. The summed E-state index contributed by atoms with van der Waals surface area (Å²) >= 11 is 0. The van der Waals surface area contributed by atoms with Gasteiger partial charge in [0.25, 0.3) is 0 Å². The summed E-state index contributed by atoms with van der Waals surface area (Å²) in [7, 11) is 0. The van der Waals surface area contributed by atoms with E-state index >= 15 is 0 Å². The standard InChI is InChI=1S/C11H21N3O2/c1-2-3-14-10-12-8-11(14)9-13(4-6-15)5-7-16/h8,10,15-16H,2-7,9H2,1H3. The molecular weight excluding hydrogens is 206 g/mol. The van der Waals surface area contributed by atoms with Crippen LogP contribution < -0.4 is 0 Å². The number of rotatable bonds is 8. The molecule has 0 aromatic carbocycles. The zero-order chi connectivity index (χ0) is 11.8. The number of aromatic nitrogens is 2. The van der Waals surface area contributed by atoms with Crippen LogP contribution >= 0.6 is 0 Å². The first kappa shape index (κ1) is 13.2. The molecule has 0 unspecified atom stereocenters. The topological polar surface area (TPSA) is 61.5 Å². The molecule has 5 heteroatoms. The van der Waals surface area contributed by atoms with Gasteiger partial charge in [-0.25, -0.2) is 4.98 Å². The molecule has 0 spiro atoms. The molecule has 1 heterocycles. The van der Waals surface area contributed by atoms with E-state index in [0.29, 0.717) is 13.1 Å². The molecule has 1 aromatic heterocycles. The Kier molecular flexibility index (Phi) is 6.07. The molecule has 0 amide bonds. The molecule has 16 heavy (non-hydrogen) atoms. The van der Waals surface area contributed by atoms with Crippen LogP contribution in [0, 0.1) is 0 Å². The Bertz CT molecular complexity index is 283. The van der Waals surface area contributed by atoms with Gasteiger partial charge in [-0.15, -0.1) is 0 Å². The van der Waals surface area contributed by atoms with Crippen LogP contribution in [0.1, 0.15) is 19.0 Å². The second kappa shape index (κ2) is 7.38. The van der Waals surface area contributed by atoms with Crippen LogP contribution in [-0.4, -0.2) is 51.0 Å². The summed E-state index contributed by atoms with van der Waals surface area (Å²) in [5.41, 5.74) is 1.13. The van der Waals surface area contributed by atoms with E-state index in [1.54, 1.807) is 0 Å². The monoisotopic (exact) mass is 227 g/mol. The summed E-state index contributed by atoms with van der Waals surface area (Å²) in [4.78, 5) is 6.14. The molecule has 0 radical (unpaired) electrons. The molecule has 0 aliphatic rings. The molecule has 0 saturated carbocycles. The lowest BCUT2D eigenvalue weighted by Gasteiger charge is -2.20. The van der Waals surface area contributed by atoms with Crippen LogP contribution in [0.4, 0.5) is 0 Å². The molecule has 0 atom stereocenters. The highest BCUT2D eigenvalue weighted by Gasteiger charge is 2.08. The zero-order valence-electron chi connectivity index (χ0n) is 9.84. The van der Waals surface area contributed by atoms with Crippen molar-refractivity contribution in [1.82, 2.24) is 14.5 Å². The maximum Gasteiger partial charge on any atom is 0.0948 e. The first-order valence-corrected chi connectivity index (χ1v) is 5.74. The summed E-state index contributed by atoms with van der Waals surface area (Å²) in [5, 5.41) is 17.8. The smallest absolute Gasteiger partial charge is 0.0948 e. The lowest BCUT2D eigenvalue weighted by molar-refractivity contribution is 0.153. The highest BCUT2D eigenvalue weighted by Crippen LogP contribution is 2.05. The number of hydrogen-bond acceptors (Lipinski definition) is 4. The number of nitrogens with zero attached hydrogens (tertiary/aromatic N) is 3. The van der Waals surface area contributed by atoms with Crippen molar-refractivity contribution in [2.45, 2.75) is 26.4 Å². The van der Waals surface area contributed by atoms with Gasteiger partial charge in [-0.1, -0.05) is 6.92 Å². The number of aliphatic hydroxyl groups is 2. The minimum Gasteiger partial charge on any atom is -0.395 e. The third kappa shape index (κ3) is 3.92. The van der Waals surface area contributed by atoms with E-state index in [1.807, 2.05) is 17.4 Å². The predicted octanol–water partition coefficient (Wildman–Crippen LogP) is 0.0797. The largest absolute Gasteiger partial charge is 0.395 e. The molecule has 0 aliphatic heterocycles. The van der Waals surface area contributed by atoms with Crippen LogP contribution in [0.5, 0.6) is 0 Å². The van der Waals surface area contributed by atoms with Gasteiger partial charge in [-0.2, -0.15) is 0 Å². The van der Waals surface area contributed by atoms with Gasteiger partial charge in [0, 0.05) is 32.4 Å². The lowest BCUT2D eigenvalue weighted by atomic mass is 10.3. The second-order valence-corrected chi connectivity index (χ2v) is 3.80. The van der Waals surface area contributed by atoms with Crippen LogP contribution in [0.15, 0.2) is 12.5 Å².